The number of rotatable bonds is 8. The summed E-state index contributed by atoms with van der Waals surface area (Å²) >= 11 is 0. The van der Waals surface area contributed by atoms with Crippen LogP contribution in [0, 0.1) is 0 Å². The van der Waals surface area contributed by atoms with Gasteiger partial charge in [0.15, 0.2) is 5.78 Å². The quantitative estimate of drug-likeness (QED) is 0.591. The average Bonchev–Trinajstić information content (AvgIpc) is 2.73. The van der Waals surface area contributed by atoms with Gasteiger partial charge in [0.1, 0.15) is 0 Å². The van der Waals surface area contributed by atoms with Crippen molar-refractivity contribution in [3.8, 4) is 0 Å². The number of nitrogens with two attached hydrogens (primary N) is 1. The first-order valence-electron chi connectivity index (χ1n) is 9.08. The Morgan fingerprint density at radius 3 is 2.43 bits per heavy atom. The third kappa shape index (κ3) is 5.48. The van der Waals surface area contributed by atoms with E-state index >= 15 is 0 Å². The molecule has 6 nitrogen and oxygen atoms in total. The van der Waals surface area contributed by atoms with Crippen LogP contribution in [0.2, 0.25) is 0 Å². The maximum Gasteiger partial charge on any atom is 0.220 e. The number of nitrogens with zero attached hydrogens (tertiary/aromatic N) is 2. The molecule has 0 saturated carbocycles. The molecule has 1 amide bonds. The molecule has 3 N–H and O–H groups in total. The van der Waals surface area contributed by atoms with E-state index in [-0.39, 0.29) is 18.1 Å². The number of nitrogen functional groups attached to an aromatic ring is 1. The van der Waals surface area contributed by atoms with E-state index in [2.05, 4.69) is 15.3 Å². The van der Waals surface area contributed by atoms with Crippen molar-refractivity contribution < 1.29 is 9.59 Å². The molecule has 6 heteroatoms. The van der Waals surface area contributed by atoms with Gasteiger partial charge in [-0.1, -0.05) is 30.3 Å². The van der Waals surface area contributed by atoms with E-state index in [1.165, 1.54) is 0 Å². The number of pyridine rings is 2. The highest BCUT2D eigenvalue weighted by Gasteiger charge is 2.10. The second kappa shape index (κ2) is 9.41. The molecule has 0 fully saturated rings. The summed E-state index contributed by atoms with van der Waals surface area (Å²) in [4.78, 5) is 32.4. The minimum Gasteiger partial charge on any atom is -0.397 e. The summed E-state index contributed by atoms with van der Waals surface area (Å²) in [6.07, 6.45) is 7.95. The Morgan fingerprint density at radius 1 is 0.929 bits per heavy atom. The Labute approximate surface area is 163 Å². The lowest BCUT2D eigenvalue weighted by Crippen LogP contribution is -2.23. The molecule has 0 saturated heterocycles. The highest BCUT2D eigenvalue weighted by atomic mass is 16.1. The van der Waals surface area contributed by atoms with Crippen LogP contribution >= 0.6 is 0 Å². The highest BCUT2D eigenvalue weighted by Crippen LogP contribution is 2.14. The van der Waals surface area contributed by atoms with Gasteiger partial charge in [0.05, 0.1) is 11.9 Å². The molecule has 2 heterocycles. The first kappa shape index (κ1) is 19.2. The SMILES string of the molecule is Nc1cnccc1CC(=O)c1ccc(CNC(=O)CCc2cccnc2)cc1. The Kier molecular flexibility index (Phi) is 6.46. The van der Waals surface area contributed by atoms with Crippen molar-refractivity contribution in [2.24, 2.45) is 0 Å². The highest BCUT2D eigenvalue weighted by molar-refractivity contribution is 5.98. The average molecular weight is 374 g/mol. The summed E-state index contributed by atoms with van der Waals surface area (Å²) in [6.45, 7) is 0.428. The number of ketones is 1. The number of amides is 1. The van der Waals surface area contributed by atoms with E-state index in [9.17, 15) is 9.59 Å². The molecule has 0 aliphatic rings. The molecule has 142 valence electrons. The first-order chi connectivity index (χ1) is 13.6. The van der Waals surface area contributed by atoms with Gasteiger partial charge in [-0.25, -0.2) is 0 Å². The molecule has 3 aromatic rings. The number of anilines is 1. The molecular weight excluding hydrogens is 352 g/mol. The van der Waals surface area contributed by atoms with E-state index in [0.717, 1.165) is 16.7 Å². The monoisotopic (exact) mass is 374 g/mol. The van der Waals surface area contributed by atoms with Crippen LogP contribution in [-0.2, 0) is 24.2 Å². The molecule has 0 spiro atoms. The number of aromatic nitrogens is 2. The minimum absolute atomic E-state index is 0.00930. The Morgan fingerprint density at radius 2 is 1.71 bits per heavy atom. The lowest BCUT2D eigenvalue weighted by atomic mass is 10.0. The Bertz CT molecular complexity index is 940. The van der Waals surface area contributed by atoms with Gasteiger partial charge in [-0.05, 0) is 35.2 Å². The molecule has 0 aliphatic heterocycles. The Balaban J connectivity index is 1.48. The van der Waals surface area contributed by atoms with Crippen LogP contribution in [0.25, 0.3) is 0 Å². The largest absolute Gasteiger partial charge is 0.397 e. The van der Waals surface area contributed by atoms with Crippen LogP contribution in [0.5, 0.6) is 0 Å². The first-order valence-corrected chi connectivity index (χ1v) is 9.08. The number of benzene rings is 1. The predicted molar refractivity (Wildman–Crippen MR) is 108 cm³/mol. The normalized spacial score (nSPS) is 10.4. The predicted octanol–water partition coefficient (Wildman–Crippen LogP) is 2.73. The minimum atomic E-state index is -0.0165. The van der Waals surface area contributed by atoms with Gasteiger partial charge in [-0.2, -0.15) is 0 Å². The maximum absolute atomic E-state index is 12.4. The zero-order valence-corrected chi connectivity index (χ0v) is 15.5. The standard InChI is InChI=1S/C22H22N4O2/c23-20-15-25-11-9-19(20)12-21(27)18-6-3-17(4-7-18)14-26-22(28)8-5-16-2-1-10-24-13-16/h1-4,6-7,9-11,13,15H,5,8,12,14,23H2,(H,26,28). The van der Waals surface area contributed by atoms with Crippen molar-refractivity contribution in [2.75, 3.05) is 5.73 Å². The van der Waals surface area contributed by atoms with Crippen LogP contribution in [-0.4, -0.2) is 21.7 Å². The van der Waals surface area contributed by atoms with E-state index in [0.29, 0.717) is 30.6 Å². The number of aryl methyl sites for hydroxylation is 1. The summed E-state index contributed by atoms with van der Waals surface area (Å²) in [5.41, 5.74) is 9.72. The number of hydrogen-bond acceptors (Lipinski definition) is 5. The third-order valence-electron chi connectivity index (χ3n) is 4.43. The second-order valence-corrected chi connectivity index (χ2v) is 6.51. The lowest BCUT2D eigenvalue weighted by molar-refractivity contribution is -0.121. The van der Waals surface area contributed by atoms with Crippen molar-refractivity contribution in [3.05, 3.63) is 89.5 Å². The molecular formula is C22H22N4O2. The van der Waals surface area contributed by atoms with Gasteiger partial charge in [-0.3, -0.25) is 19.6 Å². The summed E-state index contributed by atoms with van der Waals surface area (Å²) in [7, 11) is 0. The molecule has 28 heavy (non-hydrogen) atoms. The van der Waals surface area contributed by atoms with E-state index < -0.39 is 0 Å². The van der Waals surface area contributed by atoms with Gasteiger partial charge in [-0.15, -0.1) is 0 Å². The topological polar surface area (TPSA) is 98.0 Å². The number of Topliss-reactive ketones (excluding diaryl/α,β-unsaturated/α-hetero) is 1. The fraction of sp³-hybridized carbons (Fsp3) is 0.182. The van der Waals surface area contributed by atoms with Gasteiger partial charge in [0.2, 0.25) is 5.91 Å². The molecule has 0 bridgehead atoms. The van der Waals surface area contributed by atoms with Crippen molar-refractivity contribution in [1.82, 2.24) is 15.3 Å². The number of carbonyl (C=O) groups excluding carboxylic acids is 2. The van der Waals surface area contributed by atoms with E-state index in [4.69, 9.17) is 5.73 Å². The van der Waals surface area contributed by atoms with Crippen LogP contribution < -0.4 is 11.1 Å². The maximum atomic E-state index is 12.4. The van der Waals surface area contributed by atoms with Gasteiger partial charge >= 0.3 is 0 Å². The fourth-order valence-corrected chi connectivity index (χ4v) is 2.77. The van der Waals surface area contributed by atoms with Crippen LogP contribution in [0.4, 0.5) is 5.69 Å². The van der Waals surface area contributed by atoms with E-state index in [1.807, 2.05) is 24.3 Å². The summed E-state index contributed by atoms with van der Waals surface area (Å²) in [5, 5.41) is 2.90. The number of carbonyl (C=O) groups is 2. The molecule has 1 aromatic carbocycles. The Hall–Kier alpha value is -3.54. The smallest absolute Gasteiger partial charge is 0.220 e. The van der Waals surface area contributed by atoms with Crippen molar-refractivity contribution in [2.45, 2.75) is 25.8 Å². The van der Waals surface area contributed by atoms with Crippen molar-refractivity contribution >= 4 is 17.4 Å². The summed E-state index contributed by atoms with van der Waals surface area (Å²) < 4.78 is 0. The fourth-order valence-electron chi connectivity index (χ4n) is 2.77. The number of nitrogens with one attached hydrogen (secondary N) is 1. The third-order valence-corrected chi connectivity index (χ3v) is 4.43. The van der Waals surface area contributed by atoms with Gasteiger partial charge in [0, 0.05) is 43.5 Å². The summed E-state index contributed by atoms with van der Waals surface area (Å²) in [6, 6.07) is 12.8. The molecule has 2 aromatic heterocycles. The van der Waals surface area contributed by atoms with Crippen molar-refractivity contribution in [1.29, 1.82) is 0 Å². The molecule has 0 unspecified atom stereocenters. The lowest BCUT2D eigenvalue weighted by Gasteiger charge is -2.07. The molecule has 3 rings (SSSR count). The van der Waals surface area contributed by atoms with E-state index in [1.54, 1.807) is 43.0 Å². The summed E-state index contributed by atoms with van der Waals surface area (Å²) in [5.74, 6) is -0.0258. The van der Waals surface area contributed by atoms with Crippen molar-refractivity contribution in [3.63, 3.8) is 0 Å². The molecule has 0 aliphatic carbocycles. The van der Waals surface area contributed by atoms with Crippen LogP contribution in [0.3, 0.4) is 0 Å². The molecule has 0 atom stereocenters. The van der Waals surface area contributed by atoms with Crippen LogP contribution in [0.15, 0.2) is 67.3 Å². The second-order valence-electron chi connectivity index (χ2n) is 6.51. The van der Waals surface area contributed by atoms with Gasteiger partial charge in [0.25, 0.3) is 0 Å². The van der Waals surface area contributed by atoms with Gasteiger partial charge < -0.3 is 11.1 Å². The number of hydrogen-bond donors (Lipinski definition) is 2. The molecule has 0 radical (unpaired) electrons. The van der Waals surface area contributed by atoms with Crippen LogP contribution in [0.1, 0.15) is 33.5 Å². The zero-order valence-electron chi connectivity index (χ0n) is 15.5. The zero-order chi connectivity index (χ0) is 19.8.